The SMILES string of the molecule is O=C(Nc1ccc(-c2ccc(C(F)F)nc2)c(-c2nnn[nH]2)c1)C1(c2ccc(F)cc2F)CC1. The maximum absolute atomic E-state index is 14.4. The van der Waals surface area contributed by atoms with Crippen molar-refractivity contribution in [1.82, 2.24) is 25.6 Å². The minimum atomic E-state index is -2.69. The van der Waals surface area contributed by atoms with Gasteiger partial charge in [0.1, 0.15) is 17.3 Å². The number of hydrogen-bond acceptors (Lipinski definition) is 5. The summed E-state index contributed by atoms with van der Waals surface area (Å²) in [5.41, 5.74) is 0.750. The molecule has 2 aromatic carbocycles. The first-order valence-corrected chi connectivity index (χ1v) is 10.3. The van der Waals surface area contributed by atoms with E-state index >= 15 is 0 Å². The number of aromatic amines is 1. The maximum Gasteiger partial charge on any atom is 0.280 e. The van der Waals surface area contributed by atoms with E-state index in [4.69, 9.17) is 0 Å². The second-order valence-electron chi connectivity index (χ2n) is 7.94. The zero-order valence-electron chi connectivity index (χ0n) is 17.4. The van der Waals surface area contributed by atoms with Gasteiger partial charge < -0.3 is 5.32 Å². The van der Waals surface area contributed by atoms with Crippen molar-refractivity contribution in [1.29, 1.82) is 0 Å². The molecule has 7 nitrogen and oxygen atoms in total. The molecule has 0 aliphatic heterocycles. The summed E-state index contributed by atoms with van der Waals surface area (Å²) in [5, 5.41) is 16.5. The Balaban J connectivity index is 1.47. The van der Waals surface area contributed by atoms with Gasteiger partial charge in [-0.2, -0.15) is 0 Å². The Kier molecular flexibility index (Phi) is 5.31. The monoisotopic (exact) mass is 468 g/mol. The van der Waals surface area contributed by atoms with Crippen LogP contribution in [0.15, 0.2) is 54.7 Å². The molecule has 2 N–H and O–H groups in total. The summed E-state index contributed by atoms with van der Waals surface area (Å²) in [6.07, 6.45) is -0.509. The Morgan fingerprint density at radius 1 is 1.03 bits per heavy atom. The number of halogens is 4. The van der Waals surface area contributed by atoms with Crippen LogP contribution < -0.4 is 5.32 Å². The third-order valence-corrected chi connectivity index (χ3v) is 5.83. The molecular formula is C23H16F4N6O. The Bertz CT molecular complexity index is 1350. The van der Waals surface area contributed by atoms with E-state index in [9.17, 15) is 22.4 Å². The largest absolute Gasteiger partial charge is 0.325 e. The van der Waals surface area contributed by atoms with Gasteiger partial charge in [-0.3, -0.25) is 9.78 Å². The van der Waals surface area contributed by atoms with Gasteiger partial charge in [-0.1, -0.05) is 18.2 Å². The number of anilines is 1. The van der Waals surface area contributed by atoms with E-state index in [1.165, 1.54) is 24.4 Å². The summed E-state index contributed by atoms with van der Waals surface area (Å²) >= 11 is 0. The van der Waals surface area contributed by atoms with Crippen LogP contribution in [0.3, 0.4) is 0 Å². The van der Waals surface area contributed by atoms with Crippen molar-refractivity contribution in [2.75, 3.05) is 5.32 Å². The van der Waals surface area contributed by atoms with Crippen molar-refractivity contribution in [3.8, 4) is 22.5 Å². The topological polar surface area (TPSA) is 96.5 Å². The molecule has 1 saturated carbocycles. The van der Waals surface area contributed by atoms with E-state index in [0.717, 1.165) is 12.1 Å². The summed E-state index contributed by atoms with van der Waals surface area (Å²) in [7, 11) is 0. The van der Waals surface area contributed by atoms with Gasteiger partial charge in [0.2, 0.25) is 5.91 Å². The smallest absolute Gasteiger partial charge is 0.280 e. The summed E-state index contributed by atoms with van der Waals surface area (Å²) in [6.45, 7) is 0. The molecule has 0 unspecified atom stereocenters. The van der Waals surface area contributed by atoms with E-state index in [2.05, 4.69) is 30.9 Å². The second-order valence-corrected chi connectivity index (χ2v) is 7.94. The van der Waals surface area contributed by atoms with Crippen molar-refractivity contribution in [3.05, 3.63) is 77.6 Å². The Hall–Kier alpha value is -4.15. The number of carbonyl (C=O) groups excluding carboxylic acids is 1. The van der Waals surface area contributed by atoms with Crippen LogP contribution in [-0.2, 0) is 10.2 Å². The second kappa shape index (κ2) is 8.32. The van der Waals surface area contributed by atoms with Crippen LogP contribution in [0.25, 0.3) is 22.5 Å². The van der Waals surface area contributed by atoms with Crippen LogP contribution in [-0.4, -0.2) is 31.5 Å². The number of hydrogen-bond donors (Lipinski definition) is 2. The highest BCUT2D eigenvalue weighted by molar-refractivity contribution is 6.02. The van der Waals surface area contributed by atoms with E-state index in [0.29, 0.717) is 35.2 Å². The lowest BCUT2D eigenvalue weighted by Crippen LogP contribution is -2.28. The summed E-state index contributed by atoms with van der Waals surface area (Å²) in [4.78, 5) is 16.9. The van der Waals surface area contributed by atoms with Crippen LogP contribution in [0, 0.1) is 11.6 Å². The molecule has 1 aliphatic rings. The van der Waals surface area contributed by atoms with Gasteiger partial charge in [-0.05, 0) is 53.1 Å². The molecule has 1 aliphatic carbocycles. The summed E-state index contributed by atoms with van der Waals surface area (Å²) in [6, 6.07) is 10.8. The fraction of sp³-hybridized carbons (Fsp3) is 0.174. The van der Waals surface area contributed by atoms with Crippen LogP contribution in [0.1, 0.15) is 30.5 Å². The van der Waals surface area contributed by atoms with Crippen molar-refractivity contribution >= 4 is 11.6 Å². The molecule has 0 radical (unpaired) electrons. The maximum atomic E-state index is 14.4. The Morgan fingerprint density at radius 2 is 1.85 bits per heavy atom. The minimum Gasteiger partial charge on any atom is -0.325 e. The first-order chi connectivity index (χ1) is 16.4. The molecule has 0 spiro atoms. The number of H-pyrrole nitrogens is 1. The van der Waals surface area contributed by atoms with Crippen LogP contribution >= 0.6 is 0 Å². The number of rotatable bonds is 6. The number of amides is 1. The summed E-state index contributed by atoms with van der Waals surface area (Å²) < 4.78 is 53.4. The van der Waals surface area contributed by atoms with Crippen molar-refractivity contribution in [2.24, 2.45) is 0 Å². The molecule has 1 fully saturated rings. The highest BCUT2D eigenvalue weighted by Gasteiger charge is 2.52. The third-order valence-electron chi connectivity index (χ3n) is 5.83. The number of nitrogens with zero attached hydrogens (tertiary/aromatic N) is 4. The first kappa shape index (κ1) is 21.7. The predicted octanol–water partition coefficient (Wildman–Crippen LogP) is 4.81. The van der Waals surface area contributed by atoms with Crippen LogP contribution in [0.2, 0.25) is 0 Å². The molecule has 0 saturated heterocycles. The molecule has 34 heavy (non-hydrogen) atoms. The lowest BCUT2D eigenvalue weighted by molar-refractivity contribution is -0.118. The van der Waals surface area contributed by atoms with Gasteiger partial charge in [-0.25, -0.2) is 22.7 Å². The number of aromatic nitrogens is 5. The molecule has 0 atom stereocenters. The van der Waals surface area contributed by atoms with Crippen molar-refractivity contribution in [3.63, 3.8) is 0 Å². The first-order valence-electron chi connectivity index (χ1n) is 10.3. The quantitative estimate of drug-likeness (QED) is 0.396. The van der Waals surface area contributed by atoms with E-state index in [-0.39, 0.29) is 17.1 Å². The number of benzene rings is 2. The van der Waals surface area contributed by atoms with E-state index in [1.807, 2.05) is 0 Å². The van der Waals surface area contributed by atoms with Crippen LogP contribution in [0.5, 0.6) is 0 Å². The lowest BCUT2D eigenvalue weighted by Gasteiger charge is -2.17. The molecular weight excluding hydrogens is 452 g/mol. The number of nitrogens with one attached hydrogen (secondary N) is 2. The Morgan fingerprint density at radius 3 is 2.47 bits per heavy atom. The van der Waals surface area contributed by atoms with E-state index in [1.54, 1.807) is 18.2 Å². The molecule has 4 aromatic rings. The molecule has 1 amide bonds. The Labute approximate surface area is 190 Å². The average molecular weight is 468 g/mol. The van der Waals surface area contributed by atoms with Crippen molar-refractivity contribution < 1.29 is 22.4 Å². The standard InChI is InChI=1S/C23H16F4N6O/c24-13-2-5-17(18(25)9-13)23(7-8-23)22(34)29-14-3-4-15(16(10-14)21-30-32-33-31-21)12-1-6-19(20(26)27)28-11-12/h1-6,9-11,20H,7-8H2,(H,29,34)(H,30,31,32,33). The van der Waals surface area contributed by atoms with Gasteiger partial charge in [0.15, 0.2) is 5.82 Å². The molecule has 5 rings (SSSR count). The van der Waals surface area contributed by atoms with Gasteiger partial charge in [0.05, 0.1) is 5.41 Å². The highest BCUT2D eigenvalue weighted by atomic mass is 19.3. The molecule has 172 valence electrons. The third kappa shape index (κ3) is 3.89. The minimum absolute atomic E-state index is 0.146. The van der Waals surface area contributed by atoms with Gasteiger partial charge in [0.25, 0.3) is 6.43 Å². The number of carbonyl (C=O) groups is 1. The zero-order chi connectivity index (χ0) is 23.9. The molecule has 11 heteroatoms. The van der Waals surface area contributed by atoms with Gasteiger partial charge in [0, 0.05) is 34.6 Å². The van der Waals surface area contributed by atoms with E-state index < -0.39 is 29.4 Å². The molecule has 2 heterocycles. The van der Waals surface area contributed by atoms with Gasteiger partial charge in [-0.15, -0.1) is 5.10 Å². The number of alkyl halides is 2. The number of pyridine rings is 1. The summed E-state index contributed by atoms with van der Waals surface area (Å²) in [5.74, 6) is -1.62. The highest BCUT2D eigenvalue weighted by Crippen LogP contribution is 2.50. The normalized spacial score (nSPS) is 14.3. The van der Waals surface area contributed by atoms with Gasteiger partial charge >= 0.3 is 0 Å². The zero-order valence-corrected chi connectivity index (χ0v) is 17.4. The molecule has 0 bridgehead atoms. The number of tetrazole rings is 1. The lowest BCUT2D eigenvalue weighted by atomic mass is 9.94. The predicted molar refractivity (Wildman–Crippen MR) is 114 cm³/mol. The fourth-order valence-electron chi connectivity index (χ4n) is 3.91. The van der Waals surface area contributed by atoms with Crippen molar-refractivity contribution in [2.45, 2.75) is 24.7 Å². The fourth-order valence-corrected chi connectivity index (χ4v) is 3.91. The molecule has 2 aromatic heterocycles. The van der Waals surface area contributed by atoms with Crippen LogP contribution in [0.4, 0.5) is 23.2 Å². The average Bonchev–Trinajstić information content (AvgIpc) is 3.44.